The van der Waals surface area contributed by atoms with Crippen LogP contribution in [0.4, 0.5) is 0 Å². The van der Waals surface area contributed by atoms with Gasteiger partial charge in [0.25, 0.3) is 0 Å². The van der Waals surface area contributed by atoms with Crippen molar-refractivity contribution in [3.05, 3.63) is 70.7 Å². The van der Waals surface area contributed by atoms with Crippen LogP contribution < -0.4 is 0 Å². The maximum Gasteiger partial charge on any atom is 0.193 e. The van der Waals surface area contributed by atoms with Gasteiger partial charge in [0, 0.05) is 16.1 Å². The molecule has 0 aromatic heterocycles. The second-order valence-corrected chi connectivity index (χ2v) is 3.55. The molecule has 0 atom stereocenters. The van der Waals surface area contributed by atoms with Crippen molar-refractivity contribution in [1.29, 1.82) is 0 Å². The van der Waals surface area contributed by atoms with Crippen molar-refractivity contribution < 1.29 is 4.79 Å². The van der Waals surface area contributed by atoms with Crippen LogP contribution in [-0.2, 0) is 0 Å². The Hall–Kier alpha value is -1.60. The summed E-state index contributed by atoms with van der Waals surface area (Å²) in [6.07, 6.45) is 0. The topological polar surface area (TPSA) is 17.1 Å². The molecular formula is C13H8ClO. The minimum atomic E-state index is -0.0573. The summed E-state index contributed by atoms with van der Waals surface area (Å²) in [6.45, 7) is 0. The predicted octanol–water partition coefficient (Wildman–Crippen LogP) is 3.37. The van der Waals surface area contributed by atoms with E-state index in [1.54, 1.807) is 36.4 Å². The van der Waals surface area contributed by atoms with Gasteiger partial charge in [-0.2, -0.15) is 0 Å². The first-order valence-corrected chi connectivity index (χ1v) is 4.92. The van der Waals surface area contributed by atoms with Crippen molar-refractivity contribution in [2.24, 2.45) is 0 Å². The zero-order valence-corrected chi connectivity index (χ0v) is 8.66. The van der Waals surface area contributed by atoms with E-state index in [9.17, 15) is 4.79 Å². The van der Waals surface area contributed by atoms with Crippen molar-refractivity contribution in [2.45, 2.75) is 0 Å². The molecule has 0 aliphatic rings. The molecule has 15 heavy (non-hydrogen) atoms. The highest BCUT2D eigenvalue weighted by Gasteiger charge is 2.08. The third-order valence-electron chi connectivity index (χ3n) is 2.04. The molecule has 0 aliphatic carbocycles. The van der Waals surface area contributed by atoms with Gasteiger partial charge in [0.1, 0.15) is 0 Å². The molecule has 73 valence electrons. The molecular weight excluding hydrogens is 208 g/mol. The Morgan fingerprint density at radius 2 is 2.00 bits per heavy atom. The smallest absolute Gasteiger partial charge is 0.193 e. The number of halogens is 1. The molecule has 0 amide bonds. The predicted molar refractivity (Wildman–Crippen MR) is 60.2 cm³/mol. The molecule has 2 aromatic carbocycles. The minimum absolute atomic E-state index is 0.0573. The number of hydrogen-bond acceptors (Lipinski definition) is 1. The SMILES string of the molecule is O=C(c1[c]cccc1)c1cccc(Cl)c1. The quantitative estimate of drug-likeness (QED) is 0.702. The van der Waals surface area contributed by atoms with E-state index in [0.29, 0.717) is 16.1 Å². The fraction of sp³-hybridized carbons (Fsp3) is 0. The lowest BCUT2D eigenvalue weighted by Crippen LogP contribution is -2.00. The third kappa shape index (κ3) is 2.25. The van der Waals surface area contributed by atoms with Gasteiger partial charge in [0.2, 0.25) is 0 Å². The third-order valence-corrected chi connectivity index (χ3v) is 2.28. The van der Waals surface area contributed by atoms with E-state index in [2.05, 4.69) is 6.07 Å². The highest BCUT2D eigenvalue weighted by atomic mass is 35.5. The van der Waals surface area contributed by atoms with Crippen LogP contribution in [0.3, 0.4) is 0 Å². The monoisotopic (exact) mass is 215 g/mol. The lowest BCUT2D eigenvalue weighted by atomic mass is 10.0. The van der Waals surface area contributed by atoms with Crippen LogP contribution in [0.25, 0.3) is 0 Å². The van der Waals surface area contributed by atoms with Gasteiger partial charge >= 0.3 is 0 Å². The van der Waals surface area contributed by atoms with Crippen LogP contribution in [-0.4, -0.2) is 5.78 Å². The minimum Gasteiger partial charge on any atom is -0.289 e. The van der Waals surface area contributed by atoms with Crippen LogP contribution >= 0.6 is 11.6 Å². The van der Waals surface area contributed by atoms with Crippen LogP contribution in [0.15, 0.2) is 48.5 Å². The second-order valence-electron chi connectivity index (χ2n) is 3.12. The lowest BCUT2D eigenvalue weighted by molar-refractivity contribution is 0.103. The Balaban J connectivity index is 2.37. The number of hydrogen-bond donors (Lipinski definition) is 0. The van der Waals surface area contributed by atoms with Gasteiger partial charge in [0.15, 0.2) is 5.78 Å². The van der Waals surface area contributed by atoms with Gasteiger partial charge in [0.05, 0.1) is 0 Å². The second kappa shape index (κ2) is 4.28. The molecule has 1 nitrogen and oxygen atoms in total. The Morgan fingerprint density at radius 1 is 1.13 bits per heavy atom. The number of rotatable bonds is 2. The van der Waals surface area contributed by atoms with Crippen molar-refractivity contribution >= 4 is 17.4 Å². The zero-order chi connectivity index (χ0) is 10.7. The number of benzene rings is 2. The first-order chi connectivity index (χ1) is 7.27. The van der Waals surface area contributed by atoms with Crippen LogP contribution in [0.5, 0.6) is 0 Å². The number of carbonyl (C=O) groups is 1. The van der Waals surface area contributed by atoms with Crippen molar-refractivity contribution in [3.63, 3.8) is 0 Å². The first-order valence-electron chi connectivity index (χ1n) is 4.54. The molecule has 0 bridgehead atoms. The zero-order valence-electron chi connectivity index (χ0n) is 7.91. The summed E-state index contributed by atoms with van der Waals surface area (Å²) in [4.78, 5) is 11.9. The fourth-order valence-corrected chi connectivity index (χ4v) is 1.51. The highest BCUT2D eigenvalue weighted by molar-refractivity contribution is 6.31. The van der Waals surface area contributed by atoms with Gasteiger partial charge in [-0.25, -0.2) is 0 Å². The maximum atomic E-state index is 11.9. The van der Waals surface area contributed by atoms with E-state index < -0.39 is 0 Å². The molecule has 0 saturated carbocycles. The van der Waals surface area contributed by atoms with Gasteiger partial charge in [-0.15, -0.1) is 0 Å². The molecule has 1 radical (unpaired) electrons. The molecule has 0 unspecified atom stereocenters. The van der Waals surface area contributed by atoms with E-state index in [1.807, 2.05) is 12.1 Å². The van der Waals surface area contributed by atoms with E-state index >= 15 is 0 Å². The summed E-state index contributed by atoms with van der Waals surface area (Å²) in [6, 6.07) is 16.9. The summed E-state index contributed by atoms with van der Waals surface area (Å²) in [7, 11) is 0. The molecule has 0 N–H and O–H groups in total. The molecule has 2 heteroatoms. The molecule has 0 aliphatic heterocycles. The molecule has 2 rings (SSSR count). The maximum absolute atomic E-state index is 11.9. The lowest BCUT2D eigenvalue weighted by Gasteiger charge is -2.00. The average Bonchev–Trinajstić information content (AvgIpc) is 2.29. The van der Waals surface area contributed by atoms with Gasteiger partial charge in [-0.3, -0.25) is 4.79 Å². The van der Waals surface area contributed by atoms with Gasteiger partial charge in [-0.1, -0.05) is 48.0 Å². The van der Waals surface area contributed by atoms with E-state index in [0.717, 1.165) is 0 Å². The van der Waals surface area contributed by atoms with Gasteiger partial charge in [-0.05, 0) is 18.2 Å². The van der Waals surface area contributed by atoms with Crippen LogP contribution in [0.2, 0.25) is 5.02 Å². The van der Waals surface area contributed by atoms with Crippen molar-refractivity contribution in [3.8, 4) is 0 Å². The largest absolute Gasteiger partial charge is 0.289 e. The Labute approximate surface area is 93.3 Å². The summed E-state index contributed by atoms with van der Waals surface area (Å²) >= 11 is 5.81. The van der Waals surface area contributed by atoms with Crippen molar-refractivity contribution in [2.75, 3.05) is 0 Å². The Bertz CT molecular complexity index is 477. The standard InChI is InChI=1S/C13H8ClO/c14-12-8-4-7-11(9-12)13(15)10-5-2-1-3-6-10/h1-5,7-9H. The molecule has 0 fully saturated rings. The fourth-order valence-electron chi connectivity index (χ4n) is 1.32. The number of carbonyl (C=O) groups excluding carboxylic acids is 1. The van der Waals surface area contributed by atoms with Gasteiger partial charge < -0.3 is 0 Å². The summed E-state index contributed by atoms with van der Waals surface area (Å²) < 4.78 is 0. The molecule has 0 heterocycles. The van der Waals surface area contributed by atoms with E-state index in [-0.39, 0.29) is 5.78 Å². The molecule has 0 saturated heterocycles. The summed E-state index contributed by atoms with van der Waals surface area (Å²) in [5.41, 5.74) is 1.14. The molecule has 2 aromatic rings. The summed E-state index contributed by atoms with van der Waals surface area (Å²) in [5, 5.41) is 0.566. The van der Waals surface area contributed by atoms with E-state index in [4.69, 9.17) is 11.6 Å². The number of ketones is 1. The first kappa shape index (κ1) is 9.94. The highest BCUT2D eigenvalue weighted by Crippen LogP contribution is 2.14. The summed E-state index contributed by atoms with van der Waals surface area (Å²) in [5.74, 6) is -0.0573. The molecule has 0 spiro atoms. The van der Waals surface area contributed by atoms with E-state index in [1.165, 1.54) is 0 Å². The van der Waals surface area contributed by atoms with Crippen LogP contribution in [0.1, 0.15) is 15.9 Å². The average molecular weight is 216 g/mol. The van der Waals surface area contributed by atoms with Crippen LogP contribution in [0, 0.1) is 6.07 Å². The normalized spacial score (nSPS) is 9.93. The Morgan fingerprint density at radius 3 is 2.67 bits per heavy atom. The van der Waals surface area contributed by atoms with Crippen molar-refractivity contribution in [1.82, 2.24) is 0 Å². The Kier molecular flexibility index (Phi) is 2.84.